The van der Waals surface area contributed by atoms with Crippen LogP contribution in [0.3, 0.4) is 0 Å². The van der Waals surface area contributed by atoms with Gasteiger partial charge < -0.3 is 10.5 Å². The third-order valence-corrected chi connectivity index (χ3v) is 5.71. The standard InChI is InChI=1S/C22H24FN3O2/c1-21(2)11-14-6-5-13(15-7-16(23)10-17(8-15)28-4)9-18(14)22(12-21)19(27)26(3)20(24)25-22/h5-10H,11-12H2,1-4H3,(H2,24,25). The molecule has 2 aliphatic rings. The average molecular weight is 381 g/mol. The fourth-order valence-electron chi connectivity index (χ4n) is 4.50. The summed E-state index contributed by atoms with van der Waals surface area (Å²) in [5.74, 6) is 0.184. The van der Waals surface area contributed by atoms with Gasteiger partial charge >= 0.3 is 0 Å². The summed E-state index contributed by atoms with van der Waals surface area (Å²) in [5, 5.41) is 0. The number of guanidine groups is 1. The van der Waals surface area contributed by atoms with Crippen LogP contribution in [0.5, 0.6) is 5.75 Å². The second kappa shape index (κ2) is 6.06. The molecule has 0 radical (unpaired) electrons. The van der Waals surface area contributed by atoms with Crippen molar-refractivity contribution < 1.29 is 13.9 Å². The Morgan fingerprint density at radius 1 is 1.18 bits per heavy atom. The van der Waals surface area contributed by atoms with Gasteiger partial charge in [0.25, 0.3) is 5.91 Å². The molecule has 0 aromatic heterocycles. The van der Waals surface area contributed by atoms with Crippen molar-refractivity contribution in [3.63, 3.8) is 0 Å². The predicted octanol–water partition coefficient (Wildman–Crippen LogP) is 3.46. The minimum atomic E-state index is -1.02. The summed E-state index contributed by atoms with van der Waals surface area (Å²) in [4.78, 5) is 19.3. The van der Waals surface area contributed by atoms with Crippen LogP contribution in [-0.4, -0.2) is 30.9 Å². The summed E-state index contributed by atoms with van der Waals surface area (Å²) in [6, 6.07) is 10.5. The molecule has 6 heteroatoms. The number of halogens is 1. The molecule has 5 nitrogen and oxygen atoms in total. The molecule has 1 unspecified atom stereocenters. The van der Waals surface area contributed by atoms with E-state index in [9.17, 15) is 9.18 Å². The van der Waals surface area contributed by atoms with Crippen molar-refractivity contribution in [3.05, 3.63) is 53.3 Å². The fraction of sp³-hybridized carbons (Fsp3) is 0.364. The van der Waals surface area contributed by atoms with E-state index in [1.54, 1.807) is 13.1 Å². The SMILES string of the molecule is COc1cc(F)cc(-c2ccc3c(c2)C2(CC(C)(C)C3)N=C(N)N(C)C2=O)c1. The zero-order valence-corrected chi connectivity index (χ0v) is 16.5. The lowest BCUT2D eigenvalue weighted by molar-refractivity contribution is -0.132. The molecule has 1 aliphatic heterocycles. The number of rotatable bonds is 2. The van der Waals surface area contributed by atoms with Gasteiger partial charge in [-0.25, -0.2) is 9.38 Å². The van der Waals surface area contributed by atoms with Crippen molar-refractivity contribution >= 4 is 11.9 Å². The molecule has 1 amide bonds. The summed E-state index contributed by atoms with van der Waals surface area (Å²) in [7, 11) is 3.16. The maximum absolute atomic E-state index is 14.0. The van der Waals surface area contributed by atoms with Crippen LogP contribution in [0.4, 0.5) is 4.39 Å². The molecule has 0 saturated heterocycles. The Kier molecular flexibility index (Phi) is 4.00. The maximum atomic E-state index is 14.0. The molecule has 146 valence electrons. The Hall–Kier alpha value is -2.89. The van der Waals surface area contributed by atoms with Crippen LogP contribution in [0.2, 0.25) is 0 Å². The highest BCUT2D eigenvalue weighted by Crippen LogP contribution is 2.50. The number of nitrogens with two attached hydrogens (primary N) is 1. The normalized spacial score (nSPS) is 23.0. The highest BCUT2D eigenvalue weighted by molar-refractivity contribution is 6.07. The van der Waals surface area contributed by atoms with Gasteiger partial charge in [0.1, 0.15) is 11.6 Å². The van der Waals surface area contributed by atoms with Gasteiger partial charge in [-0.15, -0.1) is 0 Å². The molecule has 4 rings (SSSR count). The van der Waals surface area contributed by atoms with Gasteiger partial charge in [0.05, 0.1) is 7.11 Å². The Balaban J connectivity index is 1.92. The van der Waals surface area contributed by atoms with E-state index in [0.717, 1.165) is 23.1 Å². The van der Waals surface area contributed by atoms with Crippen LogP contribution >= 0.6 is 0 Å². The lowest BCUT2D eigenvalue weighted by Gasteiger charge is -2.41. The van der Waals surface area contributed by atoms with E-state index in [0.29, 0.717) is 17.7 Å². The minimum absolute atomic E-state index is 0.0960. The summed E-state index contributed by atoms with van der Waals surface area (Å²) in [6.45, 7) is 4.28. The zero-order valence-electron chi connectivity index (χ0n) is 16.5. The van der Waals surface area contributed by atoms with Gasteiger partial charge in [0.2, 0.25) is 0 Å². The van der Waals surface area contributed by atoms with Crippen molar-refractivity contribution in [2.24, 2.45) is 16.1 Å². The van der Waals surface area contributed by atoms with E-state index >= 15 is 0 Å². The molecule has 1 spiro atoms. The number of amides is 1. The van der Waals surface area contributed by atoms with Crippen LogP contribution in [0, 0.1) is 11.2 Å². The topological polar surface area (TPSA) is 67.9 Å². The van der Waals surface area contributed by atoms with Gasteiger partial charge in [0, 0.05) is 13.1 Å². The number of hydrogen-bond donors (Lipinski definition) is 1. The first-order valence-corrected chi connectivity index (χ1v) is 9.27. The third-order valence-electron chi connectivity index (χ3n) is 5.71. The predicted molar refractivity (Wildman–Crippen MR) is 107 cm³/mol. The quantitative estimate of drug-likeness (QED) is 0.866. The van der Waals surface area contributed by atoms with Crippen LogP contribution in [-0.2, 0) is 16.8 Å². The fourth-order valence-corrected chi connectivity index (χ4v) is 4.50. The van der Waals surface area contributed by atoms with E-state index in [1.807, 2.05) is 18.2 Å². The van der Waals surface area contributed by atoms with E-state index < -0.39 is 5.54 Å². The number of ether oxygens (including phenoxy) is 1. The molecule has 28 heavy (non-hydrogen) atoms. The molecule has 0 saturated carbocycles. The number of likely N-dealkylation sites (N-methyl/N-ethyl adjacent to an activating group) is 1. The van der Waals surface area contributed by atoms with Gasteiger partial charge in [-0.05, 0) is 58.7 Å². The van der Waals surface area contributed by atoms with E-state index in [4.69, 9.17) is 10.5 Å². The Bertz CT molecular complexity index is 1010. The molecule has 1 atom stereocenters. The van der Waals surface area contributed by atoms with Gasteiger partial charge in [-0.1, -0.05) is 26.0 Å². The van der Waals surface area contributed by atoms with E-state index in [1.165, 1.54) is 24.1 Å². The molecule has 2 aromatic carbocycles. The van der Waals surface area contributed by atoms with Crippen molar-refractivity contribution in [2.45, 2.75) is 32.2 Å². The second-order valence-corrected chi connectivity index (χ2v) is 8.46. The Labute approximate surface area is 164 Å². The third kappa shape index (κ3) is 2.75. The Morgan fingerprint density at radius 3 is 2.57 bits per heavy atom. The van der Waals surface area contributed by atoms with Gasteiger partial charge in [-0.3, -0.25) is 9.69 Å². The number of carbonyl (C=O) groups excluding carboxylic acids is 1. The molecule has 2 aromatic rings. The second-order valence-electron chi connectivity index (χ2n) is 8.46. The molecule has 0 fully saturated rings. The van der Waals surface area contributed by atoms with Crippen molar-refractivity contribution in [1.82, 2.24) is 4.90 Å². The summed E-state index contributed by atoms with van der Waals surface area (Å²) in [5.41, 5.74) is 8.32. The number of hydrogen-bond acceptors (Lipinski definition) is 4. The first-order valence-electron chi connectivity index (χ1n) is 9.27. The number of methoxy groups -OCH3 is 1. The largest absolute Gasteiger partial charge is 0.497 e. The molecule has 2 N–H and O–H groups in total. The monoisotopic (exact) mass is 381 g/mol. The first kappa shape index (κ1) is 18.5. The summed E-state index contributed by atoms with van der Waals surface area (Å²) in [6.07, 6.45) is 1.41. The molecule has 1 aliphatic carbocycles. The first-order chi connectivity index (χ1) is 13.1. The molecular weight excluding hydrogens is 357 g/mol. The van der Waals surface area contributed by atoms with Crippen LogP contribution in [0.15, 0.2) is 41.4 Å². The number of carbonyl (C=O) groups is 1. The number of aliphatic imine (C=N–C) groups is 1. The lowest BCUT2D eigenvalue weighted by atomic mass is 9.65. The molecule has 0 bridgehead atoms. The molecule has 1 heterocycles. The highest BCUT2D eigenvalue weighted by Gasteiger charge is 2.54. The van der Waals surface area contributed by atoms with Crippen LogP contribution in [0.1, 0.15) is 31.4 Å². The minimum Gasteiger partial charge on any atom is -0.497 e. The van der Waals surface area contributed by atoms with Crippen LogP contribution in [0.25, 0.3) is 11.1 Å². The van der Waals surface area contributed by atoms with E-state index in [-0.39, 0.29) is 23.1 Å². The van der Waals surface area contributed by atoms with Crippen molar-refractivity contribution in [3.8, 4) is 16.9 Å². The zero-order chi connectivity index (χ0) is 20.3. The number of fused-ring (bicyclic) bond motifs is 2. The summed E-state index contributed by atoms with van der Waals surface area (Å²) < 4.78 is 19.2. The van der Waals surface area contributed by atoms with Crippen molar-refractivity contribution in [1.29, 1.82) is 0 Å². The Morgan fingerprint density at radius 2 is 1.93 bits per heavy atom. The smallest absolute Gasteiger partial charge is 0.261 e. The van der Waals surface area contributed by atoms with E-state index in [2.05, 4.69) is 18.8 Å². The average Bonchev–Trinajstić information content (AvgIpc) is 2.84. The molecular formula is C22H24FN3O2. The van der Waals surface area contributed by atoms with Gasteiger partial charge in [-0.2, -0.15) is 0 Å². The summed E-state index contributed by atoms with van der Waals surface area (Å²) >= 11 is 0. The highest BCUT2D eigenvalue weighted by atomic mass is 19.1. The van der Waals surface area contributed by atoms with Crippen LogP contribution < -0.4 is 10.5 Å². The van der Waals surface area contributed by atoms with Gasteiger partial charge in [0.15, 0.2) is 11.5 Å². The maximum Gasteiger partial charge on any atom is 0.261 e. The van der Waals surface area contributed by atoms with Crippen molar-refractivity contribution in [2.75, 3.05) is 14.2 Å². The number of benzene rings is 2. The number of nitrogens with zero attached hydrogens (tertiary/aromatic N) is 2. The lowest BCUT2D eigenvalue weighted by Crippen LogP contribution is -2.46.